The number of carbonyl (C=O) groups is 1. The van der Waals surface area contributed by atoms with E-state index in [4.69, 9.17) is 16.6 Å². The lowest BCUT2D eigenvalue weighted by atomic mass is 9.57. The molecule has 7 nitrogen and oxygen atoms in total. The van der Waals surface area contributed by atoms with Crippen molar-refractivity contribution in [2.45, 2.75) is 33.2 Å². The van der Waals surface area contributed by atoms with Crippen molar-refractivity contribution >= 4 is 17.5 Å². The minimum atomic E-state index is 0.185. The Morgan fingerprint density at radius 3 is 2.55 bits per heavy atom. The van der Waals surface area contributed by atoms with Gasteiger partial charge >= 0.3 is 0 Å². The Kier molecular flexibility index (Phi) is 6.65. The van der Waals surface area contributed by atoms with E-state index in [0.29, 0.717) is 10.4 Å². The molecular weight excluding hydrogens is 412 g/mol. The molecule has 1 amide bonds. The van der Waals surface area contributed by atoms with E-state index in [0.717, 1.165) is 75.9 Å². The third kappa shape index (κ3) is 4.94. The van der Waals surface area contributed by atoms with Gasteiger partial charge in [0, 0.05) is 49.7 Å². The normalized spacial score (nSPS) is 18.2. The average Bonchev–Trinajstić information content (AvgIpc) is 3.06. The number of likely N-dealkylation sites (tertiary alicyclic amines) is 1. The highest BCUT2D eigenvalue weighted by Gasteiger charge is 2.54. The molecule has 2 aromatic rings. The number of likely N-dealkylation sites (N-methyl/N-ethyl adjacent to an activating group) is 1. The summed E-state index contributed by atoms with van der Waals surface area (Å²) in [6, 6.07) is 7.61. The number of benzene rings is 1. The van der Waals surface area contributed by atoms with Crippen LogP contribution in [0.2, 0.25) is 5.02 Å². The predicted octanol–water partition coefficient (Wildman–Crippen LogP) is 2.81. The standard InChI is InChI=1S/C23H33ClN6O/c1-4-29(5-2)11-10-25-22(31)18-12-23(13-18)15-30(16-23)14-20-26-21(27-28(20)3)17-6-8-19(24)9-7-17/h6-9,18H,4-5,10-16H2,1-3H3,(H,25,31). The van der Waals surface area contributed by atoms with Crippen molar-refractivity contribution in [2.24, 2.45) is 18.4 Å². The summed E-state index contributed by atoms with van der Waals surface area (Å²) in [5.74, 6) is 2.11. The maximum absolute atomic E-state index is 12.4. The molecule has 1 aliphatic heterocycles. The molecule has 2 heterocycles. The van der Waals surface area contributed by atoms with Crippen molar-refractivity contribution in [3.05, 3.63) is 35.1 Å². The highest BCUT2D eigenvalue weighted by molar-refractivity contribution is 6.30. The van der Waals surface area contributed by atoms with E-state index in [2.05, 4.69) is 34.1 Å². The lowest BCUT2D eigenvalue weighted by Gasteiger charge is -2.58. The minimum absolute atomic E-state index is 0.185. The van der Waals surface area contributed by atoms with Crippen LogP contribution in [0.4, 0.5) is 0 Å². The van der Waals surface area contributed by atoms with Crippen LogP contribution in [0.1, 0.15) is 32.5 Å². The van der Waals surface area contributed by atoms with E-state index in [9.17, 15) is 4.79 Å². The van der Waals surface area contributed by atoms with Gasteiger partial charge in [-0.15, -0.1) is 0 Å². The molecule has 1 aliphatic carbocycles. The monoisotopic (exact) mass is 444 g/mol. The van der Waals surface area contributed by atoms with Gasteiger partial charge in [-0.1, -0.05) is 25.4 Å². The van der Waals surface area contributed by atoms with Crippen LogP contribution >= 0.6 is 11.6 Å². The van der Waals surface area contributed by atoms with Crippen molar-refractivity contribution < 1.29 is 4.79 Å². The van der Waals surface area contributed by atoms with E-state index in [1.165, 1.54) is 0 Å². The number of nitrogens with one attached hydrogen (secondary N) is 1. The maximum atomic E-state index is 12.4. The Balaban J connectivity index is 1.21. The van der Waals surface area contributed by atoms with Crippen molar-refractivity contribution in [1.29, 1.82) is 0 Å². The molecule has 0 atom stereocenters. The van der Waals surface area contributed by atoms with Gasteiger partial charge in [0.15, 0.2) is 5.82 Å². The molecule has 1 N–H and O–H groups in total. The number of aromatic nitrogens is 3. The summed E-state index contributed by atoms with van der Waals surface area (Å²) in [6.45, 7) is 10.9. The van der Waals surface area contributed by atoms with Gasteiger partial charge in [-0.25, -0.2) is 4.98 Å². The summed E-state index contributed by atoms with van der Waals surface area (Å²) >= 11 is 5.98. The molecule has 2 aliphatic rings. The number of amides is 1. The molecule has 1 aromatic carbocycles. The molecule has 1 aromatic heterocycles. The summed E-state index contributed by atoms with van der Waals surface area (Å²) in [4.78, 5) is 21.9. The number of hydrogen-bond acceptors (Lipinski definition) is 5. The lowest BCUT2D eigenvalue weighted by molar-refractivity contribution is -0.145. The molecule has 168 valence electrons. The van der Waals surface area contributed by atoms with Crippen LogP contribution in [0.5, 0.6) is 0 Å². The molecule has 0 unspecified atom stereocenters. The van der Waals surface area contributed by atoms with E-state index < -0.39 is 0 Å². The zero-order valence-corrected chi connectivity index (χ0v) is 19.5. The summed E-state index contributed by atoms with van der Waals surface area (Å²) in [5, 5.41) is 8.40. The zero-order chi connectivity index (χ0) is 22.0. The molecule has 2 fully saturated rings. The largest absolute Gasteiger partial charge is 0.355 e. The Bertz CT molecular complexity index is 893. The van der Waals surface area contributed by atoms with Crippen molar-refractivity contribution in [1.82, 2.24) is 29.9 Å². The summed E-state index contributed by atoms with van der Waals surface area (Å²) < 4.78 is 1.86. The minimum Gasteiger partial charge on any atom is -0.355 e. The number of halogens is 1. The highest BCUT2D eigenvalue weighted by Crippen LogP contribution is 2.52. The van der Waals surface area contributed by atoms with Gasteiger partial charge in [-0.05, 0) is 55.6 Å². The lowest BCUT2D eigenvalue weighted by Crippen LogP contribution is -2.63. The molecule has 31 heavy (non-hydrogen) atoms. The Morgan fingerprint density at radius 1 is 1.23 bits per heavy atom. The number of hydrogen-bond donors (Lipinski definition) is 1. The fraction of sp³-hybridized carbons (Fsp3) is 0.609. The number of nitrogens with zero attached hydrogens (tertiary/aromatic N) is 5. The molecule has 1 saturated carbocycles. The zero-order valence-electron chi connectivity index (χ0n) is 18.8. The topological polar surface area (TPSA) is 66.3 Å². The van der Waals surface area contributed by atoms with Crippen LogP contribution in [0.3, 0.4) is 0 Å². The molecule has 0 radical (unpaired) electrons. The average molecular weight is 445 g/mol. The fourth-order valence-electron chi connectivity index (χ4n) is 4.94. The van der Waals surface area contributed by atoms with Crippen LogP contribution < -0.4 is 5.32 Å². The van der Waals surface area contributed by atoms with Crippen molar-refractivity contribution in [3.63, 3.8) is 0 Å². The molecule has 0 bridgehead atoms. The van der Waals surface area contributed by atoms with Crippen molar-refractivity contribution in [3.8, 4) is 11.4 Å². The first-order valence-corrected chi connectivity index (χ1v) is 11.7. The van der Waals surface area contributed by atoms with Crippen LogP contribution in [-0.2, 0) is 18.4 Å². The summed E-state index contributed by atoms with van der Waals surface area (Å²) in [6.07, 6.45) is 2.02. The Labute approximate surface area is 189 Å². The number of aryl methyl sites for hydroxylation is 1. The summed E-state index contributed by atoms with van der Waals surface area (Å²) in [5.41, 5.74) is 1.30. The van der Waals surface area contributed by atoms with Crippen molar-refractivity contribution in [2.75, 3.05) is 39.3 Å². The van der Waals surface area contributed by atoms with E-state index in [1.807, 2.05) is 36.0 Å². The second-order valence-electron chi connectivity index (χ2n) is 9.05. The van der Waals surface area contributed by atoms with Crippen LogP contribution in [-0.4, -0.2) is 69.7 Å². The third-order valence-electron chi connectivity index (χ3n) is 6.79. The smallest absolute Gasteiger partial charge is 0.223 e. The van der Waals surface area contributed by atoms with Gasteiger partial charge in [0.1, 0.15) is 5.82 Å². The molecule has 1 spiro atoms. The van der Waals surface area contributed by atoms with Crippen LogP contribution in [0, 0.1) is 11.3 Å². The first-order chi connectivity index (χ1) is 14.9. The third-order valence-corrected chi connectivity index (χ3v) is 7.04. The van der Waals surface area contributed by atoms with Crippen LogP contribution in [0.15, 0.2) is 24.3 Å². The van der Waals surface area contributed by atoms with E-state index in [1.54, 1.807) is 0 Å². The van der Waals surface area contributed by atoms with Gasteiger partial charge in [-0.3, -0.25) is 14.4 Å². The molecule has 4 rings (SSSR count). The van der Waals surface area contributed by atoms with E-state index in [-0.39, 0.29) is 11.8 Å². The fourth-order valence-corrected chi connectivity index (χ4v) is 5.07. The van der Waals surface area contributed by atoms with Gasteiger partial charge in [0.2, 0.25) is 5.91 Å². The quantitative estimate of drug-likeness (QED) is 0.644. The molecule has 8 heteroatoms. The van der Waals surface area contributed by atoms with Gasteiger partial charge in [-0.2, -0.15) is 5.10 Å². The van der Waals surface area contributed by atoms with Crippen LogP contribution in [0.25, 0.3) is 11.4 Å². The Hall–Kier alpha value is -1.96. The van der Waals surface area contributed by atoms with Gasteiger partial charge in [0.25, 0.3) is 0 Å². The molecule has 1 saturated heterocycles. The second kappa shape index (κ2) is 9.27. The molecular formula is C23H33ClN6O. The first kappa shape index (κ1) is 22.2. The summed E-state index contributed by atoms with van der Waals surface area (Å²) in [7, 11) is 1.94. The number of carbonyl (C=O) groups excluding carboxylic acids is 1. The second-order valence-corrected chi connectivity index (χ2v) is 9.49. The SMILES string of the molecule is CCN(CC)CCNC(=O)C1CC2(C1)CN(Cc1nc(-c3ccc(Cl)cc3)nn1C)C2. The van der Waals surface area contributed by atoms with Gasteiger partial charge in [0.05, 0.1) is 6.54 Å². The first-order valence-electron chi connectivity index (χ1n) is 11.3. The van der Waals surface area contributed by atoms with Gasteiger partial charge < -0.3 is 10.2 Å². The predicted molar refractivity (Wildman–Crippen MR) is 123 cm³/mol. The van der Waals surface area contributed by atoms with E-state index >= 15 is 0 Å². The number of rotatable bonds is 9. The highest BCUT2D eigenvalue weighted by atomic mass is 35.5. The Morgan fingerprint density at radius 2 is 1.90 bits per heavy atom. The maximum Gasteiger partial charge on any atom is 0.223 e.